The third-order valence-corrected chi connectivity index (χ3v) is 3.45. The van der Waals surface area contributed by atoms with Crippen LogP contribution in [-0.2, 0) is 6.54 Å². The van der Waals surface area contributed by atoms with Crippen LogP contribution in [0, 0.1) is 18.3 Å². The highest BCUT2D eigenvalue weighted by atomic mass is 16.5. The molecule has 0 unspecified atom stereocenters. The fraction of sp³-hybridized carbons (Fsp3) is 0.263. The van der Waals surface area contributed by atoms with Gasteiger partial charge in [-0.2, -0.15) is 5.26 Å². The van der Waals surface area contributed by atoms with Crippen molar-refractivity contribution in [1.82, 2.24) is 10.6 Å². The number of aryl methyl sites for hydroxylation is 1. The zero-order valence-electron chi connectivity index (χ0n) is 14.0. The highest BCUT2D eigenvalue weighted by Crippen LogP contribution is 2.10. The first kappa shape index (κ1) is 17.4. The van der Waals surface area contributed by atoms with Crippen LogP contribution in [0.25, 0.3) is 0 Å². The van der Waals surface area contributed by atoms with Gasteiger partial charge >= 0.3 is 0 Å². The molecular formula is C19H22N4O. The Bertz CT molecular complexity index is 700. The van der Waals surface area contributed by atoms with Gasteiger partial charge in [0.05, 0.1) is 18.2 Å². The Labute approximate surface area is 143 Å². The number of nitriles is 1. The molecule has 0 radical (unpaired) electrons. The molecule has 0 saturated carbocycles. The van der Waals surface area contributed by atoms with E-state index in [2.05, 4.69) is 28.6 Å². The van der Waals surface area contributed by atoms with Gasteiger partial charge in [-0.3, -0.25) is 4.99 Å². The topological polar surface area (TPSA) is 69.4 Å². The molecule has 0 spiro atoms. The summed E-state index contributed by atoms with van der Waals surface area (Å²) in [6.45, 7) is 3.90. The number of rotatable bonds is 6. The van der Waals surface area contributed by atoms with E-state index in [-0.39, 0.29) is 0 Å². The molecule has 0 fully saturated rings. The van der Waals surface area contributed by atoms with Crippen molar-refractivity contribution >= 4 is 5.96 Å². The van der Waals surface area contributed by atoms with Gasteiger partial charge in [0.25, 0.3) is 0 Å². The molecule has 0 aliphatic carbocycles. The zero-order valence-corrected chi connectivity index (χ0v) is 14.0. The molecule has 0 bridgehead atoms. The molecule has 0 aliphatic heterocycles. The third kappa shape index (κ3) is 5.65. The van der Waals surface area contributed by atoms with Crippen molar-refractivity contribution < 1.29 is 4.74 Å². The van der Waals surface area contributed by atoms with Gasteiger partial charge < -0.3 is 15.4 Å². The molecule has 2 aromatic rings. The standard InChI is InChI=1S/C19H22N4O/c1-15-3-9-18(10-4-15)24-12-11-22-19(21-2)23-14-17-7-5-16(13-20)6-8-17/h3-10H,11-12,14H2,1-2H3,(H2,21,22,23). The molecule has 2 N–H and O–H groups in total. The summed E-state index contributed by atoms with van der Waals surface area (Å²) < 4.78 is 5.67. The van der Waals surface area contributed by atoms with Crippen LogP contribution in [0.5, 0.6) is 5.75 Å². The number of nitrogens with one attached hydrogen (secondary N) is 2. The number of aliphatic imine (C=N–C) groups is 1. The van der Waals surface area contributed by atoms with Gasteiger partial charge in [0, 0.05) is 13.6 Å². The summed E-state index contributed by atoms with van der Waals surface area (Å²) in [6, 6.07) is 17.6. The van der Waals surface area contributed by atoms with Crippen LogP contribution in [0.1, 0.15) is 16.7 Å². The second-order valence-corrected chi connectivity index (χ2v) is 5.32. The highest BCUT2D eigenvalue weighted by Gasteiger charge is 1.99. The minimum Gasteiger partial charge on any atom is -0.492 e. The minimum atomic E-state index is 0.556. The molecule has 5 heteroatoms. The largest absolute Gasteiger partial charge is 0.492 e. The Balaban J connectivity index is 1.70. The lowest BCUT2D eigenvalue weighted by molar-refractivity contribution is 0.322. The summed E-state index contributed by atoms with van der Waals surface area (Å²) in [6.07, 6.45) is 0. The second-order valence-electron chi connectivity index (χ2n) is 5.32. The van der Waals surface area contributed by atoms with Crippen molar-refractivity contribution in [2.24, 2.45) is 4.99 Å². The molecule has 0 amide bonds. The van der Waals surface area contributed by atoms with E-state index < -0.39 is 0 Å². The lowest BCUT2D eigenvalue weighted by Gasteiger charge is -2.12. The molecule has 2 aromatic carbocycles. The van der Waals surface area contributed by atoms with Crippen LogP contribution in [0.3, 0.4) is 0 Å². The third-order valence-electron chi connectivity index (χ3n) is 3.45. The molecular weight excluding hydrogens is 300 g/mol. The molecule has 0 atom stereocenters. The van der Waals surface area contributed by atoms with Crippen LogP contribution < -0.4 is 15.4 Å². The van der Waals surface area contributed by atoms with E-state index in [0.717, 1.165) is 11.3 Å². The van der Waals surface area contributed by atoms with E-state index in [1.165, 1.54) is 5.56 Å². The van der Waals surface area contributed by atoms with Gasteiger partial charge in [0.1, 0.15) is 12.4 Å². The highest BCUT2D eigenvalue weighted by molar-refractivity contribution is 5.79. The van der Waals surface area contributed by atoms with E-state index in [4.69, 9.17) is 10.00 Å². The number of guanidine groups is 1. The number of nitrogens with zero attached hydrogens (tertiary/aromatic N) is 2. The molecule has 124 valence electrons. The maximum absolute atomic E-state index is 8.79. The summed E-state index contributed by atoms with van der Waals surface area (Å²) in [5.74, 6) is 1.58. The predicted octanol–water partition coefficient (Wildman–Crippen LogP) is 2.61. The van der Waals surface area contributed by atoms with Gasteiger partial charge in [-0.05, 0) is 36.8 Å². The lowest BCUT2D eigenvalue weighted by atomic mass is 10.1. The van der Waals surface area contributed by atoms with Gasteiger partial charge in [0.15, 0.2) is 5.96 Å². The zero-order chi connectivity index (χ0) is 17.2. The summed E-state index contributed by atoms with van der Waals surface area (Å²) in [7, 11) is 1.73. The maximum atomic E-state index is 8.79. The van der Waals surface area contributed by atoms with Crippen molar-refractivity contribution in [3.05, 3.63) is 65.2 Å². The number of ether oxygens (including phenoxy) is 1. The Morgan fingerprint density at radius 2 is 1.79 bits per heavy atom. The molecule has 0 saturated heterocycles. The lowest BCUT2D eigenvalue weighted by Crippen LogP contribution is -2.38. The van der Waals surface area contributed by atoms with Gasteiger partial charge in [0.2, 0.25) is 0 Å². The van der Waals surface area contributed by atoms with Crippen molar-refractivity contribution in [2.45, 2.75) is 13.5 Å². The number of hydrogen-bond donors (Lipinski definition) is 2. The molecule has 24 heavy (non-hydrogen) atoms. The van der Waals surface area contributed by atoms with Crippen LogP contribution >= 0.6 is 0 Å². The van der Waals surface area contributed by atoms with Crippen LogP contribution in [0.2, 0.25) is 0 Å². The molecule has 5 nitrogen and oxygen atoms in total. The molecule has 0 heterocycles. The van der Waals surface area contributed by atoms with E-state index in [1.54, 1.807) is 7.05 Å². The van der Waals surface area contributed by atoms with E-state index in [1.807, 2.05) is 48.5 Å². The summed E-state index contributed by atoms with van der Waals surface area (Å²) in [4.78, 5) is 4.18. The Kier molecular flexibility index (Phi) is 6.66. The quantitative estimate of drug-likeness (QED) is 0.487. The average molecular weight is 322 g/mol. The monoisotopic (exact) mass is 322 g/mol. The minimum absolute atomic E-state index is 0.556. The predicted molar refractivity (Wildman–Crippen MR) is 96.0 cm³/mol. The normalized spacial score (nSPS) is 10.8. The van der Waals surface area contributed by atoms with Crippen molar-refractivity contribution in [3.8, 4) is 11.8 Å². The first-order chi connectivity index (χ1) is 11.7. The summed E-state index contributed by atoms with van der Waals surface area (Å²) in [5, 5.41) is 15.2. The van der Waals surface area contributed by atoms with Crippen LogP contribution in [0.4, 0.5) is 0 Å². The average Bonchev–Trinajstić information content (AvgIpc) is 2.63. The Hall–Kier alpha value is -3.00. The van der Waals surface area contributed by atoms with Crippen LogP contribution in [-0.4, -0.2) is 26.2 Å². The van der Waals surface area contributed by atoms with Crippen molar-refractivity contribution in [3.63, 3.8) is 0 Å². The van der Waals surface area contributed by atoms with Gasteiger partial charge in [-0.25, -0.2) is 0 Å². The number of hydrogen-bond acceptors (Lipinski definition) is 3. The number of benzene rings is 2. The first-order valence-electron chi connectivity index (χ1n) is 7.84. The maximum Gasteiger partial charge on any atom is 0.191 e. The molecule has 2 rings (SSSR count). The fourth-order valence-electron chi connectivity index (χ4n) is 2.08. The Morgan fingerprint density at radius 1 is 1.08 bits per heavy atom. The summed E-state index contributed by atoms with van der Waals surface area (Å²) in [5.41, 5.74) is 2.97. The fourth-order valence-corrected chi connectivity index (χ4v) is 2.08. The molecule has 0 aromatic heterocycles. The summed E-state index contributed by atoms with van der Waals surface area (Å²) >= 11 is 0. The molecule has 0 aliphatic rings. The second kappa shape index (κ2) is 9.21. The van der Waals surface area contributed by atoms with Crippen molar-refractivity contribution in [1.29, 1.82) is 5.26 Å². The van der Waals surface area contributed by atoms with Crippen molar-refractivity contribution in [2.75, 3.05) is 20.2 Å². The van der Waals surface area contributed by atoms with Gasteiger partial charge in [-0.15, -0.1) is 0 Å². The smallest absolute Gasteiger partial charge is 0.191 e. The first-order valence-corrected chi connectivity index (χ1v) is 7.84. The van der Waals surface area contributed by atoms with E-state index in [0.29, 0.717) is 31.2 Å². The van der Waals surface area contributed by atoms with Crippen LogP contribution in [0.15, 0.2) is 53.5 Å². The Morgan fingerprint density at radius 3 is 2.42 bits per heavy atom. The van der Waals surface area contributed by atoms with E-state index in [9.17, 15) is 0 Å². The van der Waals surface area contributed by atoms with Gasteiger partial charge in [-0.1, -0.05) is 29.8 Å². The SMILES string of the molecule is CN=C(NCCOc1ccc(C)cc1)NCc1ccc(C#N)cc1. The van der Waals surface area contributed by atoms with E-state index >= 15 is 0 Å².